The topological polar surface area (TPSA) is 87.1 Å². The highest BCUT2D eigenvalue weighted by atomic mass is 32.2. The molecule has 1 atom stereocenters. The zero-order valence-electron chi connectivity index (χ0n) is 11.2. The lowest BCUT2D eigenvalue weighted by Crippen LogP contribution is -2.39. The van der Waals surface area contributed by atoms with Gasteiger partial charge in [-0.1, -0.05) is 32.6 Å². The smallest absolute Gasteiger partial charge is 0.335 e. The summed E-state index contributed by atoms with van der Waals surface area (Å²) in [6, 6.07) is 0. The van der Waals surface area contributed by atoms with E-state index in [0.29, 0.717) is 6.42 Å². The van der Waals surface area contributed by atoms with Gasteiger partial charge in [0.2, 0.25) is 0 Å². The molecule has 0 fully saturated rings. The molecule has 0 aliphatic carbocycles. The van der Waals surface area contributed by atoms with E-state index < -0.39 is 16.4 Å². The van der Waals surface area contributed by atoms with Crippen LogP contribution < -0.4 is 0 Å². The van der Waals surface area contributed by atoms with Gasteiger partial charge in [0.1, 0.15) is 0 Å². The number of rotatable bonds is 11. The summed E-state index contributed by atoms with van der Waals surface area (Å²) in [5.41, 5.74) is 0. The first-order valence-electron chi connectivity index (χ1n) is 6.31. The molecule has 2 N–H and O–H groups in total. The van der Waals surface area contributed by atoms with E-state index >= 15 is 0 Å². The molecule has 0 saturated heterocycles. The van der Waals surface area contributed by atoms with Crippen molar-refractivity contribution in [2.24, 2.45) is 0 Å². The maximum Gasteiger partial charge on any atom is 0.335 e. The van der Waals surface area contributed by atoms with E-state index in [2.05, 4.69) is 6.92 Å². The molecule has 0 amide bonds. The van der Waals surface area contributed by atoms with Crippen LogP contribution in [0.2, 0.25) is 0 Å². The van der Waals surface area contributed by atoms with E-state index in [-0.39, 0.29) is 19.7 Å². The largest absolute Gasteiger partial charge is 0.389 e. The molecule has 0 saturated carbocycles. The van der Waals surface area contributed by atoms with Gasteiger partial charge in [-0.05, 0) is 6.42 Å². The molecule has 0 aromatic carbocycles. The molecule has 7 heteroatoms. The summed E-state index contributed by atoms with van der Waals surface area (Å²) in [5, 5.41) is 9.48. The minimum absolute atomic E-state index is 0.0435. The van der Waals surface area contributed by atoms with E-state index in [0.717, 1.165) is 30.0 Å². The van der Waals surface area contributed by atoms with Crippen LogP contribution in [0.3, 0.4) is 0 Å². The van der Waals surface area contributed by atoms with Crippen molar-refractivity contribution in [1.82, 2.24) is 4.31 Å². The number of methoxy groups -OCH3 is 1. The lowest BCUT2D eigenvalue weighted by molar-refractivity contribution is 0.0509. The van der Waals surface area contributed by atoms with Crippen molar-refractivity contribution in [2.75, 3.05) is 26.8 Å². The first kappa shape index (κ1) is 17.8. The van der Waals surface area contributed by atoms with Gasteiger partial charge in [0.15, 0.2) is 0 Å². The van der Waals surface area contributed by atoms with Crippen LogP contribution in [0.15, 0.2) is 0 Å². The van der Waals surface area contributed by atoms with Crippen molar-refractivity contribution in [1.29, 1.82) is 0 Å². The van der Waals surface area contributed by atoms with Gasteiger partial charge in [0.05, 0.1) is 12.7 Å². The maximum absolute atomic E-state index is 11.1. The summed E-state index contributed by atoms with van der Waals surface area (Å²) in [6.07, 6.45) is 3.97. The Kier molecular flexibility index (Phi) is 9.57. The number of aliphatic hydroxyl groups excluding tert-OH is 1. The molecule has 0 aromatic heterocycles. The summed E-state index contributed by atoms with van der Waals surface area (Å²) in [7, 11) is -2.83. The highest BCUT2D eigenvalue weighted by Gasteiger charge is 2.21. The van der Waals surface area contributed by atoms with Gasteiger partial charge in [0.25, 0.3) is 0 Å². The van der Waals surface area contributed by atoms with Crippen molar-refractivity contribution in [3.05, 3.63) is 0 Å². The molecule has 0 rings (SSSR count). The van der Waals surface area contributed by atoms with Gasteiger partial charge < -0.3 is 9.84 Å². The minimum atomic E-state index is -4.25. The molecular weight excluding hydrogens is 258 g/mol. The van der Waals surface area contributed by atoms with Crippen LogP contribution in [0.5, 0.6) is 0 Å². The quantitative estimate of drug-likeness (QED) is 0.437. The lowest BCUT2D eigenvalue weighted by Gasteiger charge is -2.21. The predicted octanol–water partition coefficient (Wildman–Crippen LogP) is 1.07. The van der Waals surface area contributed by atoms with Crippen molar-refractivity contribution in [3.63, 3.8) is 0 Å². The second kappa shape index (κ2) is 9.69. The normalized spacial score (nSPS) is 14.1. The first-order chi connectivity index (χ1) is 8.41. The summed E-state index contributed by atoms with van der Waals surface area (Å²) in [4.78, 5) is 0. The molecule has 0 spiro atoms. The van der Waals surface area contributed by atoms with E-state index in [1.54, 1.807) is 0 Å². The van der Waals surface area contributed by atoms with Gasteiger partial charge in [-0.3, -0.25) is 4.55 Å². The summed E-state index contributed by atoms with van der Waals surface area (Å²) in [6.45, 7) is 2.23. The summed E-state index contributed by atoms with van der Waals surface area (Å²) in [5.74, 6) is 0. The third kappa shape index (κ3) is 8.82. The molecular formula is C11H25NO5S. The Morgan fingerprint density at radius 1 is 1.22 bits per heavy atom. The number of unbranched alkanes of at least 4 members (excludes halogenated alkanes) is 4. The van der Waals surface area contributed by atoms with Gasteiger partial charge in [-0.15, -0.1) is 0 Å². The van der Waals surface area contributed by atoms with E-state index in [9.17, 15) is 13.5 Å². The third-order valence-electron chi connectivity index (χ3n) is 2.61. The first-order valence-corrected chi connectivity index (χ1v) is 7.71. The average Bonchev–Trinajstić information content (AvgIpc) is 2.26. The molecule has 0 radical (unpaired) electrons. The number of hydrogen-bond acceptors (Lipinski definition) is 4. The number of nitrogens with zero attached hydrogens (tertiary/aromatic N) is 1. The van der Waals surface area contributed by atoms with Crippen LogP contribution in [-0.2, 0) is 15.0 Å². The van der Waals surface area contributed by atoms with Gasteiger partial charge in [-0.2, -0.15) is 12.7 Å². The van der Waals surface area contributed by atoms with Gasteiger partial charge >= 0.3 is 10.3 Å². The molecule has 6 nitrogen and oxygen atoms in total. The third-order valence-corrected chi connectivity index (χ3v) is 3.60. The fourth-order valence-corrected chi connectivity index (χ4v) is 2.39. The minimum Gasteiger partial charge on any atom is -0.389 e. The second-order valence-electron chi connectivity index (χ2n) is 4.36. The predicted molar refractivity (Wildman–Crippen MR) is 69.8 cm³/mol. The Balaban J connectivity index is 4.09. The molecule has 18 heavy (non-hydrogen) atoms. The Labute approximate surface area is 110 Å². The number of ether oxygens (including phenoxy) is 1. The van der Waals surface area contributed by atoms with Gasteiger partial charge in [-0.25, -0.2) is 0 Å². The summed E-state index contributed by atoms with van der Waals surface area (Å²) < 4.78 is 36.9. The molecule has 1 unspecified atom stereocenters. The fourth-order valence-electron chi connectivity index (χ4n) is 1.67. The van der Waals surface area contributed by atoms with Crippen LogP contribution in [0, 0.1) is 0 Å². The molecule has 0 aliphatic heterocycles. The number of hydrogen-bond donors (Lipinski definition) is 2. The molecule has 0 aromatic rings. The van der Waals surface area contributed by atoms with Gasteiger partial charge in [0, 0.05) is 20.2 Å². The monoisotopic (exact) mass is 283 g/mol. The Bertz CT molecular complexity index is 294. The SMILES string of the molecule is CCCCCCCN(CC(O)COC)S(=O)(=O)O. The lowest BCUT2D eigenvalue weighted by atomic mass is 10.1. The van der Waals surface area contributed by atoms with Crippen molar-refractivity contribution >= 4 is 10.3 Å². The van der Waals surface area contributed by atoms with Crippen LogP contribution in [0.4, 0.5) is 0 Å². The van der Waals surface area contributed by atoms with Crippen LogP contribution in [-0.4, -0.2) is 55.3 Å². The second-order valence-corrected chi connectivity index (χ2v) is 5.77. The van der Waals surface area contributed by atoms with Crippen LogP contribution >= 0.6 is 0 Å². The highest BCUT2D eigenvalue weighted by Crippen LogP contribution is 2.07. The Hall–Kier alpha value is -0.210. The van der Waals surface area contributed by atoms with Crippen LogP contribution in [0.1, 0.15) is 39.0 Å². The molecule has 0 bridgehead atoms. The number of aliphatic hydroxyl groups is 1. The van der Waals surface area contributed by atoms with E-state index in [1.165, 1.54) is 7.11 Å². The molecule has 0 heterocycles. The zero-order chi connectivity index (χ0) is 14.0. The average molecular weight is 283 g/mol. The maximum atomic E-state index is 11.1. The summed E-state index contributed by atoms with van der Waals surface area (Å²) >= 11 is 0. The van der Waals surface area contributed by atoms with E-state index in [1.807, 2.05) is 0 Å². The van der Waals surface area contributed by atoms with Crippen LogP contribution in [0.25, 0.3) is 0 Å². The molecule has 110 valence electrons. The van der Waals surface area contributed by atoms with Crippen molar-refractivity contribution in [3.8, 4) is 0 Å². The Morgan fingerprint density at radius 2 is 1.83 bits per heavy atom. The highest BCUT2D eigenvalue weighted by molar-refractivity contribution is 7.83. The van der Waals surface area contributed by atoms with E-state index in [4.69, 9.17) is 9.29 Å². The molecule has 0 aliphatic rings. The Morgan fingerprint density at radius 3 is 2.33 bits per heavy atom. The fraction of sp³-hybridized carbons (Fsp3) is 1.00. The van der Waals surface area contributed by atoms with Crippen molar-refractivity contribution in [2.45, 2.75) is 45.1 Å². The zero-order valence-corrected chi connectivity index (χ0v) is 12.0. The van der Waals surface area contributed by atoms with Crippen molar-refractivity contribution < 1.29 is 22.8 Å². The standard InChI is InChI=1S/C11H25NO5S/c1-3-4-5-6-7-8-12(18(14,15)16)9-11(13)10-17-2/h11,13H,3-10H2,1-2H3,(H,14,15,16).